The van der Waals surface area contributed by atoms with Crippen molar-refractivity contribution in [2.24, 2.45) is 0 Å². The third-order valence-corrected chi connectivity index (χ3v) is 5.66. The molecule has 1 aliphatic carbocycles. The lowest BCUT2D eigenvalue weighted by Crippen LogP contribution is -2.26. The number of carboxylic acid groups (broad SMARTS) is 2. The van der Waals surface area contributed by atoms with Crippen molar-refractivity contribution in [2.75, 3.05) is 0 Å². The molecule has 2 N–H and O–H groups in total. The van der Waals surface area contributed by atoms with Gasteiger partial charge in [-0.05, 0) is 61.8 Å². The largest absolute Gasteiger partial charge is 0.481 e. The van der Waals surface area contributed by atoms with Gasteiger partial charge in [-0.15, -0.1) is 0 Å². The van der Waals surface area contributed by atoms with Gasteiger partial charge in [0, 0.05) is 18.3 Å². The molecule has 0 amide bonds. The zero-order valence-corrected chi connectivity index (χ0v) is 15.9. The Balaban J connectivity index is 2.11. The summed E-state index contributed by atoms with van der Waals surface area (Å²) < 4.78 is 0. The molecule has 27 heavy (non-hydrogen) atoms. The van der Waals surface area contributed by atoms with Gasteiger partial charge in [0.15, 0.2) is 0 Å². The van der Waals surface area contributed by atoms with Crippen LogP contribution in [-0.4, -0.2) is 22.2 Å². The van der Waals surface area contributed by atoms with E-state index in [0.29, 0.717) is 25.7 Å². The summed E-state index contributed by atoms with van der Waals surface area (Å²) in [4.78, 5) is 22.2. The molecule has 0 radical (unpaired) electrons. The van der Waals surface area contributed by atoms with E-state index < -0.39 is 11.9 Å². The maximum Gasteiger partial charge on any atom is 0.303 e. The molecular weight excluding hydrogens is 340 g/mol. The van der Waals surface area contributed by atoms with E-state index in [2.05, 4.69) is 50.2 Å². The van der Waals surface area contributed by atoms with Crippen molar-refractivity contribution in [2.45, 2.75) is 57.8 Å². The van der Waals surface area contributed by atoms with Gasteiger partial charge in [-0.2, -0.15) is 0 Å². The molecule has 0 aromatic heterocycles. The van der Waals surface area contributed by atoms with Crippen LogP contribution in [0.5, 0.6) is 0 Å². The maximum absolute atomic E-state index is 11.1. The topological polar surface area (TPSA) is 74.6 Å². The lowest BCUT2D eigenvalue weighted by atomic mass is 9.70. The molecule has 3 rings (SSSR count). The second-order valence-electron chi connectivity index (χ2n) is 7.67. The van der Waals surface area contributed by atoms with E-state index in [0.717, 1.165) is 0 Å². The number of benzene rings is 2. The van der Waals surface area contributed by atoms with Crippen molar-refractivity contribution in [1.82, 2.24) is 0 Å². The first-order chi connectivity index (χ1) is 12.8. The Labute approximate surface area is 159 Å². The summed E-state index contributed by atoms with van der Waals surface area (Å²) in [6, 6.07) is 12.9. The van der Waals surface area contributed by atoms with Crippen LogP contribution in [0.4, 0.5) is 0 Å². The fraction of sp³-hybridized carbons (Fsp3) is 0.391. The molecule has 4 heteroatoms. The highest BCUT2D eigenvalue weighted by molar-refractivity contribution is 5.82. The normalized spacial score (nSPS) is 13.9. The molecule has 2 aromatic carbocycles. The Morgan fingerprint density at radius 1 is 0.778 bits per heavy atom. The molecule has 0 fully saturated rings. The van der Waals surface area contributed by atoms with Crippen LogP contribution in [0.15, 0.2) is 36.4 Å². The van der Waals surface area contributed by atoms with E-state index in [1.807, 2.05) is 0 Å². The second kappa shape index (κ2) is 7.55. The van der Waals surface area contributed by atoms with E-state index in [1.54, 1.807) is 0 Å². The van der Waals surface area contributed by atoms with Crippen LogP contribution in [0, 0.1) is 13.8 Å². The van der Waals surface area contributed by atoms with E-state index in [-0.39, 0.29) is 18.3 Å². The molecule has 2 aromatic rings. The molecule has 0 saturated carbocycles. The molecule has 0 atom stereocenters. The van der Waals surface area contributed by atoms with Gasteiger partial charge in [0.2, 0.25) is 0 Å². The fourth-order valence-corrected chi connectivity index (χ4v) is 4.47. The summed E-state index contributed by atoms with van der Waals surface area (Å²) in [5.74, 6) is -1.58. The molecule has 0 heterocycles. The van der Waals surface area contributed by atoms with Crippen LogP contribution < -0.4 is 0 Å². The van der Waals surface area contributed by atoms with Crippen molar-refractivity contribution < 1.29 is 19.8 Å². The van der Waals surface area contributed by atoms with Gasteiger partial charge < -0.3 is 10.2 Å². The van der Waals surface area contributed by atoms with Crippen LogP contribution in [0.3, 0.4) is 0 Å². The number of hydrogen-bond donors (Lipinski definition) is 2. The Morgan fingerprint density at radius 3 is 1.56 bits per heavy atom. The number of carboxylic acids is 2. The SMILES string of the molecule is Cc1ccc2c(c1)C(CCCC(=O)O)(CCCC(=O)O)c1cc(C)ccc1-2. The van der Waals surface area contributed by atoms with Crippen LogP contribution in [0.25, 0.3) is 11.1 Å². The molecule has 0 spiro atoms. The third kappa shape index (κ3) is 3.75. The minimum Gasteiger partial charge on any atom is -0.481 e. The monoisotopic (exact) mass is 366 g/mol. The molecule has 1 aliphatic rings. The van der Waals surface area contributed by atoms with Crippen molar-refractivity contribution in [1.29, 1.82) is 0 Å². The summed E-state index contributed by atoms with van der Waals surface area (Å²) in [6.45, 7) is 4.13. The first kappa shape index (κ1) is 19.2. The Morgan fingerprint density at radius 2 is 1.19 bits per heavy atom. The molecule has 0 unspecified atom stereocenters. The van der Waals surface area contributed by atoms with E-state index >= 15 is 0 Å². The number of aryl methyl sites for hydroxylation is 2. The second-order valence-corrected chi connectivity index (χ2v) is 7.67. The molecule has 0 saturated heterocycles. The van der Waals surface area contributed by atoms with E-state index in [4.69, 9.17) is 10.2 Å². The van der Waals surface area contributed by atoms with Crippen LogP contribution in [-0.2, 0) is 15.0 Å². The number of rotatable bonds is 8. The quantitative estimate of drug-likeness (QED) is 0.683. The van der Waals surface area contributed by atoms with Crippen LogP contribution >= 0.6 is 0 Å². The van der Waals surface area contributed by atoms with Gasteiger partial charge >= 0.3 is 11.9 Å². The van der Waals surface area contributed by atoms with Crippen molar-refractivity contribution >= 4 is 11.9 Å². The lowest BCUT2D eigenvalue weighted by molar-refractivity contribution is -0.138. The fourth-order valence-electron chi connectivity index (χ4n) is 4.47. The summed E-state index contributed by atoms with van der Waals surface area (Å²) in [5, 5.41) is 18.2. The van der Waals surface area contributed by atoms with Crippen molar-refractivity contribution in [3.8, 4) is 11.1 Å². The summed E-state index contributed by atoms with van der Waals surface area (Å²) in [7, 11) is 0. The highest BCUT2D eigenvalue weighted by atomic mass is 16.4. The Hall–Kier alpha value is -2.62. The highest BCUT2D eigenvalue weighted by Gasteiger charge is 2.42. The zero-order chi connectivity index (χ0) is 19.6. The standard InChI is InChI=1S/C23H26O4/c1-15-7-9-17-18-10-8-16(2)14-20(18)23(19(17)13-15,11-3-5-21(24)25)12-4-6-22(26)27/h7-10,13-14H,3-6,11-12H2,1-2H3,(H,24,25)(H,26,27). The van der Waals surface area contributed by atoms with Gasteiger partial charge in [-0.25, -0.2) is 0 Å². The van der Waals surface area contributed by atoms with Gasteiger partial charge in [0.25, 0.3) is 0 Å². The molecular formula is C23H26O4. The van der Waals surface area contributed by atoms with Gasteiger partial charge in [-0.1, -0.05) is 47.5 Å². The molecule has 142 valence electrons. The van der Waals surface area contributed by atoms with Gasteiger partial charge in [0.1, 0.15) is 0 Å². The van der Waals surface area contributed by atoms with E-state index in [9.17, 15) is 9.59 Å². The highest BCUT2D eigenvalue weighted by Crippen LogP contribution is 2.54. The van der Waals surface area contributed by atoms with Gasteiger partial charge in [-0.3, -0.25) is 9.59 Å². The molecule has 4 nitrogen and oxygen atoms in total. The number of carbonyl (C=O) groups is 2. The minimum absolute atomic E-state index is 0.128. The smallest absolute Gasteiger partial charge is 0.303 e. The van der Waals surface area contributed by atoms with Crippen LogP contribution in [0.2, 0.25) is 0 Å². The summed E-state index contributed by atoms with van der Waals surface area (Å²) in [6.07, 6.45) is 2.83. The average Bonchev–Trinajstić information content (AvgIpc) is 2.84. The average molecular weight is 366 g/mol. The Bertz CT molecular complexity index is 808. The van der Waals surface area contributed by atoms with Gasteiger partial charge in [0.05, 0.1) is 0 Å². The number of fused-ring (bicyclic) bond motifs is 3. The van der Waals surface area contributed by atoms with Crippen molar-refractivity contribution in [3.63, 3.8) is 0 Å². The number of hydrogen-bond acceptors (Lipinski definition) is 2. The maximum atomic E-state index is 11.1. The lowest BCUT2D eigenvalue weighted by Gasteiger charge is -2.33. The minimum atomic E-state index is -0.789. The predicted octanol–water partition coefficient (Wildman–Crippen LogP) is 5.08. The number of aliphatic carboxylic acids is 2. The first-order valence-electron chi connectivity index (χ1n) is 9.50. The summed E-state index contributed by atoms with van der Waals surface area (Å²) in [5.41, 5.74) is 6.85. The third-order valence-electron chi connectivity index (χ3n) is 5.66. The molecule has 0 aliphatic heterocycles. The Kier molecular flexibility index (Phi) is 5.36. The summed E-state index contributed by atoms with van der Waals surface area (Å²) >= 11 is 0. The van der Waals surface area contributed by atoms with Crippen molar-refractivity contribution in [3.05, 3.63) is 58.7 Å². The van der Waals surface area contributed by atoms with Crippen LogP contribution in [0.1, 0.15) is 60.8 Å². The predicted molar refractivity (Wildman–Crippen MR) is 105 cm³/mol. The zero-order valence-electron chi connectivity index (χ0n) is 15.9. The molecule has 0 bridgehead atoms. The first-order valence-corrected chi connectivity index (χ1v) is 9.50. The van der Waals surface area contributed by atoms with E-state index in [1.165, 1.54) is 33.4 Å².